The highest BCUT2D eigenvalue weighted by Crippen LogP contribution is 2.30. The molecule has 112 valence electrons. The fraction of sp³-hybridized carbons (Fsp3) is 0.500. The Kier molecular flexibility index (Phi) is 3.68. The lowest BCUT2D eigenvalue weighted by molar-refractivity contribution is -0.126. The Morgan fingerprint density at radius 3 is 2.57 bits per heavy atom. The number of fused-ring (bicyclic) bond motifs is 1. The average Bonchev–Trinajstić information content (AvgIpc) is 3.14. The Bertz CT molecular complexity index is 577. The van der Waals surface area contributed by atoms with Crippen LogP contribution in [0, 0.1) is 0 Å². The number of carbonyl (C=O) groups excluding carboxylic acids is 2. The van der Waals surface area contributed by atoms with Crippen LogP contribution in [0.25, 0.3) is 0 Å². The van der Waals surface area contributed by atoms with Crippen LogP contribution in [0.2, 0.25) is 0 Å². The maximum atomic E-state index is 12.5. The molecule has 2 N–H and O–H groups in total. The smallest absolute Gasteiger partial charge is 0.252 e. The summed E-state index contributed by atoms with van der Waals surface area (Å²) in [5.74, 6) is -0.284. The first kappa shape index (κ1) is 14.1. The monoisotopic (exact) mass is 288 g/mol. The van der Waals surface area contributed by atoms with E-state index in [1.807, 2.05) is 12.1 Å². The van der Waals surface area contributed by atoms with E-state index in [1.54, 1.807) is 13.1 Å². The number of hydrogen-bond acceptors (Lipinski definition) is 3. The summed E-state index contributed by atoms with van der Waals surface area (Å²) in [5, 5.41) is 5.63. The van der Waals surface area contributed by atoms with Crippen LogP contribution >= 0.6 is 0 Å². The third-order valence-electron chi connectivity index (χ3n) is 4.46. The van der Waals surface area contributed by atoms with Gasteiger partial charge in [-0.1, -0.05) is 18.9 Å². The van der Waals surface area contributed by atoms with Crippen molar-refractivity contribution < 1.29 is 14.3 Å². The molecule has 5 heteroatoms. The molecule has 1 aromatic rings. The first-order valence-corrected chi connectivity index (χ1v) is 7.39. The maximum absolute atomic E-state index is 12.5. The van der Waals surface area contributed by atoms with E-state index in [4.69, 9.17) is 4.74 Å². The van der Waals surface area contributed by atoms with Crippen molar-refractivity contribution in [1.29, 1.82) is 0 Å². The fourth-order valence-corrected chi connectivity index (χ4v) is 3.23. The molecule has 1 saturated carbocycles. The lowest BCUT2D eigenvalue weighted by Crippen LogP contribution is -2.56. The van der Waals surface area contributed by atoms with E-state index in [9.17, 15) is 9.59 Å². The van der Waals surface area contributed by atoms with E-state index < -0.39 is 5.54 Å². The van der Waals surface area contributed by atoms with Gasteiger partial charge >= 0.3 is 0 Å². The second kappa shape index (κ2) is 5.48. The van der Waals surface area contributed by atoms with Crippen LogP contribution in [-0.2, 0) is 22.7 Å². The third kappa shape index (κ3) is 2.53. The van der Waals surface area contributed by atoms with Crippen LogP contribution in [0.4, 0.5) is 0 Å². The predicted octanol–water partition coefficient (Wildman–Crippen LogP) is 1.51. The summed E-state index contributed by atoms with van der Waals surface area (Å²) in [5.41, 5.74) is 2.03. The Morgan fingerprint density at radius 1 is 1.14 bits per heavy atom. The molecule has 2 aliphatic rings. The van der Waals surface area contributed by atoms with Gasteiger partial charge in [-0.3, -0.25) is 9.59 Å². The van der Waals surface area contributed by atoms with Gasteiger partial charge in [0, 0.05) is 12.6 Å². The Morgan fingerprint density at radius 2 is 1.86 bits per heavy atom. The van der Waals surface area contributed by atoms with Crippen molar-refractivity contribution in [3.63, 3.8) is 0 Å². The largest absolute Gasteiger partial charge is 0.372 e. The van der Waals surface area contributed by atoms with Crippen molar-refractivity contribution in [3.05, 3.63) is 34.9 Å². The van der Waals surface area contributed by atoms with Gasteiger partial charge in [-0.15, -0.1) is 0 Å². The third-order valence-corrected chi connectivity index (χ3v) is 4.46. The second-order valence-electron chi connectivity index (χ2n) is 5.80. The molecule has 1 aliphatic heterocycles. The summed E-state index contributed by atoms with van der Waals surface area (Å²) < 4.78 is 5.36. The topological polar surface area (TPSA) is 67.4 Å². The first-order chi connectivity index (χ1) is 10.1. The number of rotatable bonds is 3. The molecular weight excluding hydrogens is 268 g/mol. The number of ether oxygens (including phenoxy) is 1. The zero-order valence-corrected chi connectivity index (χ0v) is 12.2. The fourth-order valence-electron chi connectivity index (χ4n) is 3.23. The molecular formula is C16H20N2O3. The van der Waals surface area contributed by atoms with Crippen LogP contribution in [-0.4, -0.2) is 24.4 Å². The molecule has 0 unspecified atom stereocenters. The molecule has 21 heavy (non-hydrogen) atoms. The van der Waals surface area contributed by atoms with Crippen molar-refractivity contribution in [2.45, 2.75) is 44.4 Å². The summed E-state index contributed by atoms with van der Waals surface area (Å²) in [6, 6.07) is 5.60. The van der Waals surface area contributed by atoms with Gasteiger partial charge in [0.15, 0.2) is 0 Å². The molecule has 1 heterocycles. The van der Waals surface area contributed by atoms with Crippen molar-refractivity contribution in [2.24, 2.45) is 0 Å². The minimum absolute atomic E-state index is 0.0992. The quantitative estimate of drug-likeness (QED) is 0.886. The van der Waals surface area contributed by atoms with E-state index in [2.05, 4.69) is 10.6 Å². The van der Waals surface area contributed by atoms with E-state index in [-0.39, 0.29) is 11.8 Å². The van der Waals surface area contributed by atoms with Crippen LogP contribution in [0.5, 0.6) is 0 Å². The molecule has 0 radical (unpaired) electrons. The Hall–Kier alpha value is -1.88. The molecule has 1 aliphatic carbocycles. The highest BCUT2D eigenvalue weighted by molar-refractivity contribution is 5.99. The zero-order valence-electron chi connectivity index (χ0n) is 12.2. The van der Waals surface area contributed by atoms with Gasteiger partial charge in [0.25, 0.3) is 5.91 Å². The molecule has 1 aromatic carbocycles. The lowest BCUT2D eigenvalue weighted by atomic mass is 9.95. The van der Waals surface area contributed by atoms with Gasteiger partial charge in [-0.05, 0) is 36.1 Å². The number of amides is 2. The van der Waals surface area contributed by atoms with Crippen LogP contribution in [0.15, 0.2) is 18.2 Å². The number of likely N-dealkylation sites (N-methyl/N-ethyl adjacent to an activating group) is 1. The molecule has 0 atom stereocenters. The molecule has 0 spiro atoms. The summed E-state index contributed by atoms with van der Waals surface area (Å²) in [7, 11) is 1.61. The van der Waals surface area contributed by atoms with Crippen molar-refractivity contribution in [3.8, 4) is 0 Å². The van der Waals surface area contributed by atoms with Crippen LogP contribution in [0.3, 0.4) is 0 Å². The van der Waals surface area contributed by atoms with E-state index in [0.717, 1.165) is 24.0 Å². The van der Waals surface area contributed by atoms with E-state index >= 15 is 0 Å². The minimum atomic E-state index is -0.749. The molecule has 0 aromatic heterocycles. The number of nitrogens with one attached hydrogen (secondary N) is 2. The van der Waals surface area contributed by atoms with Crippen molar-refractivity contribution in [1.82, 2.24) is 10.6 Å². The van der Waals surface area contributed by atoms with Gasteiger partial charge in [-0.25, -0.2) is 0 Å². The zero-order chi connectivity index (χ0) is 14.9. The number of carbonyl (C=O) groups is 2. The molecule has 0 saturated heterocycles. The molecule has 0 bridgehead atoms. The van der Waals surface area contributed by atoms with E-state index in [0.29, 0.717) is 31.6 Å². The summed E-state index contributed by atoms with van der Waals surface area (Å²) in [6.45, 7) is 1.16. The minimum Gasteiger partial charge on any atom is -0.372 e. The van der Waals surface area contributed by atoms with Crippen molar-refractivity contribution in [2.75, 3.05) is 7.05 Å². The highest BCUT2D eigenvalue weighted by Gasteiger charge is 2.42. The van der Waals surface area contributed by atoms with Gasteiger partial charge < -0.3 is 15.4 Å². The van der Waals surface area contributed by atoms with Crippen molar-refractivity contribution >= 4 is 11.8 Å². The maximum Gasteiger partial charge on any atom is 0.252 e. The molecule has 5 nitrogen and oxygen atoms in total. The summed E-state index contributed by atoms with van der Waals surface area (Å²) >= 11 is 0. The standard InChI is InChI=1S/C16H20N2O3/c1-17-15(20)16(6-2-3-7-16)18-14(19)11-4-5-12-9-21-10-13(12)8-11/h4-5,8H,2-3,6-7,9-10H2,1H3,(H,17,20)(H,18,19). The van der Waals surface area contributed by atoms with Gasteiger partial charge in [-0.2, -0.15) is 0 Å². The number of hydrogen-bond donors (Lipinski definition) is 2. The molecule has 3 rings (SSSR count). The summed E-state index contributed by atoms with van der Waals surface area (Å²) in [6.07, 6.45) is 3.33. The number of benzene rings is 1. The van der Waals surface area contributed by atoms with Gasteiger partial charge in [0.05, 0.1) is 13.2 Å². The van der Waals surface area contributed by atoms with Crippen LogP contribution in [0.1, 0.15) is 47.2 Å². The van der Waals surface area contributed by atoms with Gasteiger partial charge in [0.2, 0.25) is 5.91 Å². The molecule has 1 fully saturated rings. The average molecular weight is 288 g/mol. The second-order valence-corrected chi connectivity index (χ2v) is 5.80. The van der Waals surface area contributed by atoms with Gasteiger partial charge in [0.1, 0.15) is 5.54 Å². The van der Waals surface area contributed by atoms with E-state index in [1.165, 1.54) is 0 Å². The lowest BCUT2D eigenvalue weighted by Gasteiger charge is -2.28. The predicted molar refractivity (Wildman–Crippen MR) is 77.7 cm³/mol. The first-order valence-electron chi connectivity index (χ1n) is 7.39. The Balaban J connectivity index is 1.80. The molecule has 2 amide bonds. The Labute approximate surface area is 124 Å². The normalized spacial score (nSPS) is 19.1. The SMILES string of the molecule is CNC(=O)C1(NC(=O)c2ccc3c(c2)COC3)CCCC1. The van der Waals surface area contributed by atoms with Crippen LogP contribution < -0.4 is 10.6 Å². The highest BCUT2D eigenvalue weighted by atomic mass is 16.5. The summed E-state index contributed by atoms with van der Waals surface area (Å²) in [4.78, 5) is 24.6.